The fourth-order valence-corrected chi connectivity index (χ4v) is 3.69. The molecule has 3 N–H and O–H groups in total. The maximum Gasteiger partial charge on any atom is 0.241 e. The van der Waals surface area contributed by atoms with Crippen molar-refractivity contribution >= 4 is 15.9 Å². The highest BCUT2D eigenvalue weighted by atomic mass is 32.2. The minimum atomic E-state index is -3.68. The Labute approximate surface area is 122 Å². The van der Waals surface area contributed by atoms with Crippen molar-refractivity contribution in [1.29, 1.82) is 0 Å². The van der Waals surface area contributed by atoms with Crippen LogP contribution in [-0.2, 0) is 14.8 Å². The van der Waals surface area contributed by atoms with Gasteiger partial charge in [-0.15, -0.1) is 0 Å². The Morgan fingerprint density at radius 2 is 1.75 bits per heavy atom. The smallest absolute Gasteiger partial charge is 0.241 e. The van der Waals surface area contributed by atoms with Gasteiger partial charge in [0, 0.05) is 26.2 Å². The van der Waals surface area contributed by atoms with Gasteiger partial charge in [0.25, 0.3) is 0 Å². The van der Waals surface area contributed by atoms with Crippen LogP contribution in [0.2, 0.25) is 0 Å². The van der Waals surface area contributed by atoms with E-state index in [1.165, 1.54) is 11.8 Å². The zero-order valence-electron chi connectivity index (χ0n) is 12.7. The zero-order valence-corrected chi connectivity index (χ0v) is 13.5. The Bertz CT molecular complexity index is 426. The van der Waals surface area contributed by atoms with Gasteiger partial charge in [0.1, 0.15) is 0 Å². The lowest BCUT2D eigenvalue weighted by atomic mass is 9.92. The van der Waals surface area contributed by atoms with E-state index >= 15 is 0 Å². The van der Waals surface area contributed by atoms with E-state index in [0.29, 0.717) is 0 Å². The third-order valence-electron chi connectivity index (χ3n) is 3.98. The summed E-state index contributed by atoms with van der Waals surface area (Å²) >= 11 is 0. The summed E-state index contributed by atoms with van der Waals surface area (Å²) in [6.45, 7) is 1.61. The van der Waals surface area contributed by atoms with Crippen molar-refractivity contribution < 1.29 is 13.2 Å². The molecule has 7 heteroatoms. The third kappa shape index (κ3) is 4.71. The van der Waals surface area contributed by atoms with Crippen molar-refractivity contribution in [3.8, 4) is 0 Å². The molecule has 1 unspecified atom stereocenters. The first-order valence-corrected chi connectivity index (χ1v) is 8.71. The van der Waals surface area contributed by atoms with Gasteiger partial charge < -0.3 is 10.6 Å². The second-order valence-electron chi connectivity index (χ2n) is 6.02. The van der Waals surface area contributed by atoms with Gasteiger partial charge in [0.2, 0.25) is 15.9 Å². The molecule has 0 aromatic heterocycles. The molecule has 1 saturated carbocycles. The van der Waals surface area contributed by atoms with Gasteiger partial charge in [-0.3, -0.25) is 4.79 Å². The lowest BCUT2D eigenvalue weighted by Crippen LogP contribution is -2.52. The van der Waals surface area contributed by atoms with E-state index in [0.717, 1.165) is 38.5 Å². The fraction of sp³-hybridized carbons (Fsp3) is 0.923. The molecule has 118 valence electrons. The van der Waals surface area contributed by atoms with Crippen molar-refractivity contribution in [2.24, 2.45) is 5.73 Å². The molecule has 0 radical (unpaired) electrons. The number of hydrogen-bond acceptors (Lipinski definition) is 4. The molecule has 1 amide bonds. The van der Waals surface area contributed by atoms with E-state index in [4.69, 9.17) is 5.73 Å². The van der Waals surface area contributed by atoms with Gasteiger partial charge in [-0.05, 0) is 19.8 Å². The predicted molar refractivity (Wildman–Crippen MR) is 79.7 cm³/mol. The molecule has 0 heterocycles. The summed E-state index contributed by atoms with van der Waals surface area (Å²) in [5, 5.41) is -1.09. The van der Waals surface area contributed by atoms with Crippen LogP contribution < -0.4 is 10.5 Å². The number of nitrogens with one attached hydrogen (secondary N) is 1. The SMILES string of the molecule is CC(C(=O)N(C)C)S(=O)(=O)NCC1(N)CCCCCC1. The van der Waals surface area contributed by atoms with Gasteiger partial charge in [-0.25, -0.2) is 13.1 Å². The summed E-state index contributed by atoms with van der Waals surface area (Å²) in [5.41, 5.74) is 5.80. The summed E-state index contributed by atoms with van der Waals surface area (Å²) in [7, 11) is -0.584. The molecular formula is C13H27N3O3S. The Morgan fingerprint density at radius 3 is 2.20 bits per heavy atom. The number of carbonyl (C=O) groups is 1. The van der Waals surface area contributed by atoms with Crippen molar-refractivity contribution in [3.63, 3.8) is 0 Å². The molecule has 1 aliphatic carbocycles. The quantitative estimate of drug-likeness (QED) is 0.721. The molecule has 1 rings (SSSR count). The predicted octanol–water partition coefficient (Wildman–Crippen LogP) is 0.434. The number of amides is 1. The van der Waals surface area contributed by atoms with Crippen LogP contribution in [0, 0.1) is 0 Å². The Morgan fingerprint density at radius 1 is 1.25 bits per heavy atom. The highest BCUT2D eigenvalue weighted by Gasteiger charge is 2.33. The van der Waals surface area contributed by atoms with E-state index < -0.39 is 26.7 Å². The highest BCUT2D eigenvalue weighted by Crippen LogP contribution is 2.24. The maximum absolute atomic E-state index is 12.1. The monoisotopic (exact) mass is 305 g/mol. The largest absolute Gasteiger partial charge is 0.348 e. The molecule has 0 aromatic carbocycles. The first-order chi connectivity index (χ1) is 9.18. The average Bonchev–Trinajstić information content (AvgIpc) is 2.60. The van der Waals surface area contributed by atoms with Crippen LogP contribution in [0.5, 0.6) is 0 Å². The van der Waals surface area contributed by atoms with Crippen LogP contribution in [0.4, 0.5) is 0 Å². The summed E-state index contributed by atoms with van der Waals surface area (Å²) in [6, 6.07) is 0. The summed E-state index contributed by atoms with van der Waals surface area (Å²) in [6.07, 6.45) is 6.02. The molecule has 0 aromatic rings. The fourth-order valence-electron chi connectivity index (χ4n) is 2.48. The molecule has 0 saturated heterocycles. The van der Waals surface area contributed by atoms with Crippen molar-refractivity contribution in [2.75, 3.05) is 20.6 Å². The van der Waals surface area contributed by atoms with E-state index in [2.05, 4.69) is 4.72 Å². The van der Waals surface area contributed by atoms with Crippen LogP contribution >= 0.6 is 0 Å². The molecular weight excluding hydrogens is 278 g/mol. The number of carbonyl (C=O) groups excluding carboxylic acids is 1. The van der Waals surface area contributed by atoms with Crippen LogP contribution in [0.1, 0.15) is 45.4 Å². The lowest BCUT2D eigenvalue weighted by Gasteiger charge is -2.29. The Kier molecular flexibility index (Phi) is 5.97. The zero-order chi connectivity index (χ0) is 15.4. The number of sulfonamides is 1. The molecule has 0 aliphatic heterocycles. The van der Waals surface area contributed by atoms with Gasteiger partial charge in [0.05, 0.1) is 0 Å². The molecule has 0 bridgehead atoms. The van der Waals surface area contributed by atoms with Gasteiger partial charge in [-0.1, -0.05) is 25.7 Å². The minimum absolute atomic E-state index is 0.209. The molecule has 20 heavy (non-hydrogen) atoms. The number of rotatable bonds is 5. The van der Waals surface area contributed by atoms with E-state index in [9.17, 15) is 13.2 Å². The first kappa shape index (κ1) is 17.4. The van der Waals surface area contributed by atoms with Gasteiger partial charge in [0.15, 0.2) is 5.25 Å². The normalized spacial score (nSPS) is 21.0. The minimum Gasteiger partial charge on any atom is -0.348 e. The standard InChI is InChI=1S/C13H27N3O3S/c1-11(12(17)16(2)3)20(18,19)15-10-13(14)8-6-4-5-7-9-13/h11,15H,4-10,14H2,1-3H3. The Hall–Kier alpha value is -0.660. The molecule has 1 atom stereocenters. The third-order valence-corrected chi connectivity index (χ3v) is 5.66. The summed E-state index contributed by atoms with van der Waals surface area (Å²) in [5.74, 6) is -0.426. The highest BCUT2D eigenvalue weighted by molar-refractivity contribution is 7.90. The lowest BCUT2D eigenvalue weighted by molar-refractivity contribution is -0.127. The van der Waals surface area contributed by atoms with Crippen molar-refractivity contribution in [3.05, 3.63) is 0 Å². The molecule has 1 aliphatic rings. The average molecular weight is 305 g/mol. The van der Waals surface area contributed by atoms with Crippen LogP contribution in [0.25, 0.3) is 0 Å². The summed E-state index contributed by atoms with van der Waals surface area (Å²) in [4.78, 5) is 13.0. The van der Waals surface area contributed by atoms with E-state index in [-0.39, 0.29) is 6.54 Å². The second-order valence-corrected chi connectivity index (χ2v) is 8.10. The summed E-state index contributed by atoms with van der Waals surface area (Å²) < 4.78 is 26.8. The number of nitrogens with zero attached hydrogens (tertiary/aromatic N) is 1. The second kappa shape index (κ2) is 6.87. The van der Waals surface area contributed by atoms with E-state index in [1.54, 1.807) is 14.1 Å². The number of nitrogens with two attached hydrogens (primary N) is 1. The molecule has 0 spiro atoms. The maximum atomic E-state index is 12.1. The first-order valence-electron chi connectivity index (χ1n) is 7.16. The molecule has 6 nitrogen and oxygen atoms in total. The van der Waals surface area contributed by atoms with Gasteiger partial charge in [-0.2, -0.15) is 0 Å². The van der Waals surface area contributed by atoms with Crippen LogP contribution in [0.3, 0.4) is 0 Å². The van der Waals surface area contributed by atoms with Crippen molar-refractivity contribution in [1.82, 2.24) is 9.62 Å². The topological polar surface area (TPSA) is 92.5 Å². The van der Waals surface area contributed by atoms with Crippen LogP contribution in [-0.4, -0.2) is 50.7 Å². The van der Waals surface area contributed by atoms with E-state index in [1.807, 2.05) is 0 Å². The number of hydrogen-bond donors (Lipinski definition) is 2. The van der Waals surface area contributed by atoms with Crippen LogP contribution in [0.15, 0.2) is 0 Å². The van der Waals surface area contributed by atoms with Gasteiger partial charge >= 0.3 is 0 Å². The Balaban J connectivity index is 2.64. The van der Waals surface area contributed by atoms with Crippen molar-refractivity contribution in [2.45, 2.75) is 56.2 Å². The molecule has 1 fully saturated rings.